The molecule has 1 aromatic carbocycles. The van der Waals surface area contributed by atoms with E-state index < -0.39 is 0 Å². The van der Waals surface area contributed by atoms with E-state index in [1.807, 2.05) is 25.4 Å². The number of hydrogen-bond acceptors (Lipinski definition) is 7. The Hall–Kier alpha value is -2.64. The summed E-state index contributed by atoms with van der Waals surface area (Å²) in [7, 11) is 2.10. The normalized spacial score (nSPS) is 19.5. The fourth-order valence-corrected chi connectivity index (χ4v) is 6.00. The number of benzene rings is 1. The minimum atomic E-state index is 0.303. The van der Waals surface area contributed by atoms with Crippen LogP contribution in [0.25, 0.3) is 0 Å². The molecule has 0 amide bonds. The molecule has 0 radical (unpaired) electrons. The van der Waals surface area contributed by atoms with Crippen molar-refractivity contribution in [3.63, 3.8) is 0 Å². The molecule has 5 rings (SSSR count). The largest absolute Gasteiger partial charge is 0.383 e. The maximum absolute atomic E-state index is 5.92. The second kappa shape index (κ2) is 8.13. The van der Waals surface area contributed by atoms with Crippen molar-refractivity contribution in [2.75, 3.05) is 30.8 Å². The molecule has 0 unspecified atom stereocenters. The van der Waals surface area contributed by atoms with E-state index in [1.165, 1.54) is 11.1 Å². The Morgan fingerprint density at radius 2 is 1.90 bits per heavy atom. The van der Waals surface area contributed by atoms with E-state index in [4.69, 9.17) is 10.7 Å². The van der Waals surface area contributed by atoms with Crippen LogP contribution in [0, 0.1) is 12.3 Å². The van der Waals surface area contributed by atoms with Gasteiger partial charge < -0.3 is 16.0 Å². The summed E-state index contributed by atoms with van der Waals surface area (Å²) in [5.74, 6) is 1.52. The quantitative estimate of drug-likeness (QED) is 0.645. The van der Waals surface area contributed by atoms with Crippen LogP contribution < -0.4 is 16.0 Å². The van der Waals surface area contributed by atoms with E-state index in [-0.39, 0.29) is 0 Å². The molecule has 1 aliphatic carbocycles. The lowest BCUT2D eigenvalue weighted by Gasteiger charge is -2.43. The lowest BCUT2D eigenvalue weighted by Crippen LogP contribution is -2.45. The zero-order valence-corrected chi connectivity index (χ0v) is 18.8. The first kappa shape index (κ1) is 20.3. The monoisotopic (exact) mass is 432 g/mol. The number of rotatable bonds is 4. The van der Waals surface area contributed by atoms with Gasteiger partial charge in [-0.15, -0.1) is 0 Å². The van der Waals surface area contributed by atoms with Crippen molar-refractivity contribution in [2.45, 2.75) is 42.1 Å². The summed E-state index contributed by atoms with van der Waals surface area (Å²) in [5.41, 5.74) is 10.2. The van der Waals surface area contributed by atoms with Crippen molar-refractivity contribution in [3.8, 4) is 0 Å². The number of fused-ring (bicyclic) bond motifs is 1. The van der Waals surface area contributed by atoms with Crippen molar-refractivity contribution in [2.24, 2.45) is 5.41 Å². The fourth-order valence-electron chi connectivity index (χ4n) is 5.18. The Balaban J connectivity index is 1.27. The zero-order valence-electron chi connectivity index (χ0n) is 18.0. The third-order valence-corrected chi connectivity index (χ3v) is 8.00. The van der Waals surface area contributed by atoms with Gasteiger partial charge in [-0.2, -0.15) is 0 Å². The number of anilines is 2. The highest BCUT2D eigenvalue weighted by Crippen LogP contribution is 2.52. The summed E-state index contributed by atoms with van der Waals surface area (Å²) in [5, 5.41) is 4.48. The van der Waals surface area contributed by atoms with Crippen LogP contribution in [0.15, 0.2) is 58.8 Å². The highest BCUT2D eigenvalue weighted by atomic mass is 32.2. The number of aromatic nitrogens is 3. The average Bonchev–Trinajstić information content (AvgIpc) is 3.10. The van der Waals surface area contributed by atoms with Crippen molar-refractivity contribution in [1.29, 1.82) is 0 Å². The summed E-state index contributed by atoms with van der Waals surface area (Å²) in [6.07, 6.45) is 8.97. The molecule has 1 aliphatic heterocycles. The summed E-state index contributed by atoms with van der Waals surface area (Å²) < 4.78 is 0. The second-order valence-electron chi connectivity index (χ2n) is 8.58. The van der Waals surface area contributed by atoms with E-state index >= 15 is 0 Å². The van der Waals surface area contributed by atoms with Gasteiger partial charge in [0, 0.05) is 35.8 Å². The second-order valence-corrected chi connectivity index (χ2v) is 9.64. The standard InChI is InChI=1S/C24H28N6S/c1-16-19(7-10-27-23(16)25)31-21-15-28-20(14-29-21)30-11-8-24(9-12-30)13-17-5-3-4-6-18(17)22(24)26-2/h3-7,10,14-15,22,26H,8-9,11-13H2,1-2H3,(H2,25,27)/t22-/m1/s1. The first-order chi connectivity index (χ1) is 15.1. The molecule has 1 saturated heterocycles. The smallest absolute Gasteiger partial charge is 0.147 e. The van der Waals surface area contributed by atoms with Crippen LogP contribution in [0.3, 0.4) is 0 Å². The van der Waals surface area contributed by atoms with Gasteiger partial charge >= 0.3 is 0 Å². The molecule has 3 N–H and O–H groups in total. The van der Waals surface area contributed by atoms with Crippen LogP contribution >= 0.6 is 11.8 Å². The Labute approximate surface area is 187 Å². The molecule has 3 heterocycles. The summed E-state index contributed by atoms with van der Waals surface area (Å²) >= 11 is 1.57. The minimum absolute atomic E-state index is 0.303. The summed E-state index contributed by atoms with van der Waals surface area (Å²) in [4.78, 5) is 16.9. The van der Waals surface area contributed by atoms with E-state index in [1.54, 1.807) is 18.0 Å². The van der Waals surface area contributed by atoms with Crippen molar-refractivity contribution >= 4 is 23.4 Å². The number of nitrogens with zero attached hydrogens (tertiary/aromatic N) is 4. The van der Waals surface area contributed by atoms with Crippen LogP contribution in [0.5, 0.6) is 0 Å². The van der Waals surface area contributed by atoms with Crippen LogP contribution in [0.1, 0.15) is 35.6 Å². The van der Waals surface area contributed by atoms with Crippen LogP contribution in [-0.2, 0) is 6.42 Å². The Morgan fingerprint density at radius 3 is 2.65 bits per heavy atom. The molecular weight excluding hydrogens is 404 g/mol. The van der Waals surface area contributed by atoms with E-state index in [9.17, 15) is 0 Å². The number of hydrogen-bond donors (Lipinski definition) is 2. The third-order valence-electron chi connectivity index (χ3n) is 6.92. The highest BCUT2D eigenvalue weighted by molar-refractivity contribution is 7.99. The van der Waals surface area contributed by atoms with E-state index in [0.717, 1.165) is 53.7 Å². The van der Waals surface area contributed by atoms with Gasteiger partial charge in [0.1, 0.15) is 16.7 Å². The molecule has 0 saturated carbocycles. The molecule has 160 valence electrons. The van der Waals surface area contributed by atoms with Gasteiger partial charge in [-0.25, -0.2) is 15.0 Å². The van der Waals surface area contributed by atoms with Gasteiger partial charge in [-0.1, -0.05) is 36.0 Å². The van der Waals surface area contributed by atoms with Gasteiger partial charge in [0.25, 0.3) is 0 Å². The lowest BCUT2D eigenvalue weighted by atomic mass is 9.73. The number of piperidine rings is 1. The highest BCUT2D eigenvalue weighted by Gasteiger charge is 2.46. The molecule has 2 aliphatic rings. The first-order valence-corrected chi connectivity index (χ1v) is 11.6. The first-order valence-electron chi connectivity index (χ1n) is 10.8. The molecule has 1 fully saturated rings. The molecule has 2 aromatic heterocycles. The maximum Gasteiger partial charge on any atom is 0.147 e. The number of pyridine rings is 1. The summed E-state index contributed by atoms with van der Waals surface area (Å²) in [6.45, 7) is 4.00. The molecule has 1 atom stereocenters. The van der Waals surface area contributed by atoms with Crippen molar-refractivity contribution < 1.29 is 0 Å². The Bertz CT molecular complexity index is 1080. The number of nitrogen functional groups attached to an aromatic ring is 1. The molecule has 3 aromatic rings. The van der Waals surface area contributed by atoms with Crippen LogP contribution in [-0.4, -0.2) is 35.1 Å². The molecule has 1 spiro atoms. The fraction of sp³-hybridized carbons (Fsp3) is 0.375. The lowest BCUT2D eigenvalue weighted by molar-refractivity contribution is 0.167. The Morgan fingerprint density at radius 1 is 1.10 bits per heavy atom. The SMILES string of the molecule is CN[C@@H]1c2ccccc2CC12CCN(c1cnc(Sc3ccnc(N)c3C)cn1)CC2. The van der Waals surface area contributed by atoms with Crippen LogP contribution in [0.2, 0.25) is 0 Å². The van der Waals surface area contributed by atoms with Crippen LogP contribution in [0.4, 0.5) is 11.6 Å². The summed E-state index contributed by atoms with van der Waals surface area (Å²) in [6, 6.07) is 11.3. The molecule has 31 heavy (non-hydrogen) atoms. The van der Waals surface area contributed by atoms with Gasteiger partial charge in [0.05, 0.1) is 12.4 Å². The molecule has 6 nitrogen and oxygen atoms in total. The van der Waals surface area contributed by atoms with Gasteiger partial charge in [-0.05, 0) is 55.8 Å². The number of nitrogens with one attached hydrogen (secondary N) is 1. The predicted molar refractivity (Wildman–Crippen MR) is 125 cm³/mol. The molecule has 0 bridgehead atoms. The number of nitrogens with two attached hydrogens (primary N) is 1. The van der Waals surface area contributed by atoms with Gasteiger partial charge in [0.15, 0.2) is 0 Å². The molecular formula is C24H28N6S. The van der Waals surface area contributed by atoms with Gasteiger partial charge in [-0.3, -0.25) is 0 Å². The maximum atomic E-state index is 5.92. The van der Waals surface area contributed by atoms with Crippen molar-refractivity contribution in [3.05, 3.63) is 65.6 Å². The van der Waals surface area contributed by atoms with Crippen molar-refractivity contribution in [1.82, 2.24) is 20.3 Å². The predicted octanol–water partition coefficient (Wildman–Crippen LogP) is 4.02. The van der Waals surface area contributed by atoms with Gasteiger partial charge in [0.2, 0.25) is 0 Å². The van der Waals surface area contributed by atoms with E-state index in [2.05, 4.69) is 51.5 Å². The topological polar surface area (TPSA) is 80.0 Å². The zero-order chi connectivity index (χ0) is 21.4. The van der Waals surface area contributed by atoms with E-state index in [0.29, 0.717) is 17.3 Å². The molecule has 7 heteroatoms. The Kier molecular flexibility index (Phi) is 5.32. The third kappa shape index (κ3) is 3.66. The minimum Gasteiger partial charge on any atom is -0.383 e. The average molecular weight is 433 g/mol.